The van der Waals surface area contributed by atoms with E-state index in [1.807, 2.05) is 19.9 Å². The van der Waals surface area contributed by atoms with E-state index in [2.05, 4.69) is 16.0 Å². The molecule has 5 heteroatoms. The molecule has 0 bridgehead atoms. The molecule has 1 aromatic carbocycles. The molecule has 1 aromatic heterocycles. The Morgan fingerprint density at radius 1 is 1.32 bits per heavy atom. The van der Waals surface area contributed by atoms with Gasteiger partial charge in [0.15, 0.2) is 5.43 Å². The molecule has 1 unspecified atom stereocenters. The van der Waals surface area contributed by atoms with E-state index in [0.29, 0.717) is 13.2 Å². The highest BCUT2D eigenvalue weighted by molar-refractivity contribution is 5.82. The van der Waals surface area contributed by atoms with Gasteiger partial charge in [-0.25, -0.2) is 0 Å². The fourth-order valence-electron chi connectivity index (χ4n) is 3.62. The van der Waals surface area contributed by atoms with Crippen LogP contribution in [0.5, 0.6) is 0 Å². The zero-order chi connectivity index (χ0) is 17.8. The van der Waals surface area contributed by atoms with Gasteiger partial charge < -0.3 is 14.5 Å². The summed E-state index contributed by atoms with van der Waals surface area (Å²) in [5.74, 6) is 0. The maximum atomic E-state index is 12.6. The van der Waals surface area contributed by atoms with Gasteiger partial charge in [0.05, 0.1) is 18.2 Å². The van der Waals surface area contributed by atoms with Gasteiger partial charge >= 0.3 is 0 Å². The largest absolute Gasteiger partial charge is 0.383 e. The fraction of sp³-hybridized carbons (Fsp3) is 0.550. The number of hydrogen-bond donors (Lipinski definition) is 1. The minimum absolute atomic E-state index is 0.0827. The number of nitrogens with zero attached hydrogens (tertiary/aromatic N) is 1. The van der Waals surface area contributed by atoms with Gasteiger partial charge in [-0.05, 0) is 43.9 Å². The zero-order valence-electron chi connectivity index (χ0n) is 15.4. The number of hydrogen-bond acceptors (Lipinski definition) is 4. The number of benzene rings is 1. The lowest BCUT2D eigenvalue weighted by molar-refractivity contribution is 0.0583. The molecule has 5 nitrogen and oxygen atoms in total. The molecule has 25 heavy (non-hydrogen) atoms. The lowest BCUT2D eigenvalue weighted by atomic mass is 10.1. The number of aromatic nitrogens is 1. The van der Waals surface area contributed by atoms with Gasteiger partial charge in [-0.2, -0.15) is 0 Å². The number of rotatable bonds is 7. The Morgan fingerprint density at radius 2 is 2.16 bits per heavy atom. The molecule has 0 amide bonds. The first-order valence-corrected chi connectivity index (χ1v) is 9.03. The van der Waals surface area contributed by atoms with E-state index >= 15 is 0 Å². The Morgan fingerprint density at radius 3 is 2.88 bits per heavy atom. The highest BCUT2D eigenvalue weighted by Gasteiger charge is 2.19. The summed E-state index contributed by atoms with van der Waals surface area (Å²) in [7, 11) is 1.72. The zero-order valence-corrected chi connectivity index (χ0v) is 15.4. The van der Waals surface area contributed by atoms with Gasteiger partial charge in [0.25, 0.3) is 0 Å². The van der Waals surface area contributed by atoms with Crippen LogP contribution >= 0.6 is 0 Å². The average Bonchev–Trinajstić information content (AvgIpc) is 3.07. The number of aryl methyl sites for hydroxylation is 2. The summed E-state index contributed by atoms with van der Waals surface area (Å²) in [6, 6.07) is 5.80. The lowest BCUT2D eigenvalue weighted by Crippen LogP contribution is -2.34. The minimum atomic E-state index is 0.0827. The Kier molecular flexibility index (Phi) is 5.89. The van der Waals surface area contributed by atoms with Crippen molar-refractivity contribution in [2.45, 2.75) is 39.3 Å². The summed E-state index contributed by atoms with van der Waals surface area (Å²) in [6.45, 7) is 7.98. The predicted molar refractivity (Wildman–Crippen MR) is 100 cm³/mol. The number of nitrogens with one attached hydrogen (secondary N) is 1. The van der Waals surface area contributed by atoms with E-state index in [0.717, 1.165) is 60.3 Å². The van der Waals surface area contributed by atoms with Gasteiger partial charge in [-0.15, -0.1) is 0 Å². The van der Waals surface area contributed by atoms with Crippen molar-refractivity contribution in [3.05, 3.63) is 45.2 Å². The molecule has 2 heterocycles. The Hall–Kier alpha value is -1.69. The molecule has 1 saturated heterocycles. The van der Waals surface area contributed by atoms with Crippen LogP contribution in [0.3, 0.4) is 0 Å². The number of ether oxygens (including phenoxy) is 2. The second-order valence-corrected chi connectivity index (χ2v) is 7.03. The predicted octanol–water partition coefficient (Wildman–Crippen LogP) is 2.77. The molecular formula is C20H28N2O3. The van der Waals surface area contributed by atoms with Crippen LogP contribution in [0.2, 0.25) is 0 Å². The van der Waals surface area contributed by atoms with E-state index in [1.165, 1.54) is 0 Å². The number of pyridine rings is 1. The van der Waals surface area contributed by atoms with E-state index in [4.69, 9.17) is 9.47 Å². The van der Waals surface area contributed by atoms with Crippen molar-refractivity contribution < 1.29 is 9.47 Å². The topological polar surface area (TPSA) is 54.6 Å². The highest BCUT2D eigenvalue weighted by atomic mass is 16.5. The van der Waals surface area contributed by atoms with Crippen molar-refractivity contribution in [1.82, 2.24) is 9.88 Å². The second-order valence-electron chi connectivity index (χ2n) is 7.03. The van der Waals surface area contributed by atoms with Crippen LogP contribution in [0.1, 0.15) is 29.7 Å². The van der Waals surface area contributed by atoms with Crippen LogP contribution < -0.4 is 5.43 Å². The molecule has 0 saturated carbocycles. The molecule has 1 atom stereocenters. The Labute approximate surface area is 148 Å². The molecular weight excluding hydrogens is 316 g/mol. The van der Waals surface area contributed by atoms with Crippen molar-refractivity contribution in [2.75, 3.05) is 33.4 Å². The minimum Gasteiger partial charge on any atom is -0.383 e. The first kappa shape index (κ1) is 18.1. The van der Waals surface area contributed by atoms with Crippen LogP contribution in [0, 0.1) is 13.8 Å². The van der Waals surface area contributed by atoms with Crippen LogP contribution in [0.15, 0.2) is 23.0 Å². The monoisotopic (exact) mass is 344 g/mol. The van der Waals surface area contributed by atoms with Gasteiger partial charge in [-0.3, -0.25) is 9.69 Å². The van der Waals surface area contributed by atoms with E-state index < -0.39 is 0 Å². The first-order valence-electron chi connectivity index (χ1n) is 9.03. The molecule has 2 aromatic rings. The normalized spacial score (nSPS) is 17.7. The molecule has 1 N–H and O–H groups in total. The third kappa shape index (κ3) is 4.48. The van der Waals surface area contributed by atoms with Crippen molar-refractivity contribution in [2.24, 2.45) is 0 Å². The van der Waals surface area contributed by atoms with Crippen molar-refractivity contribution in [3.63, 3.8) is 0 Å². The maximum absolute atomic E-state index is 12.6. The third-order valence-corrected chi connectivity index (χ3v) is 4.83. The summed E-state index contributed by atoms with van der Waals surface area (Å²) >= 11 is 0. The van der Waals surface area contributed by atoms with Gasteiger partial charge in [0.1, 0.15) is 0 Å². The lowest BCUT2D eigenvalue weighted by Gasteiger charge is -2.25. The molecule has 136 valence electrons. The highest BCUT2D eigenvalue weighted by Crippen LogP contribution is 2.18. The molecule has 1 aliphatic heterocycles. The smallest absolute Gasteiger partial charge is 0.189 e. The van der Waals surface area contributed by atoms with E-state index in [1.54, 1.807) is 13.2 Å². The number of aromatic amines is 1. The van der Waals surface area contributed by atoms with Gasteiger partial charge in [0, 0.05) is 50.5 Å². The van der Waals surface area contributed by atoms with Crippen molar-refractivity contribution >= 4 is 10.9 Å². The van der Waals surface area contributed by atoms with E-state index in [-0.39, 0.29) is 11.5 Å². The SMILES string of the molecule is COCCN(Cc1cc(=O)c2cc(C)cc(C)c2[nH]1)CC1CCCO1. The third-order valence-electron chi connectivity index (χ3n) is 4.83. The molecule has 0 aliphatic carbocycles. The molecule has 0 spiro atoms. The second kappa shape index (κ2) is 8.13. The Balaban J connectivity index is 1.84. The van der Waals surface area contributed by atoms with Crippen LogP contribution in [-0.4, -0.2) is 49.4 Å². The van der Waals surface area contributed by atoms with Crippen LogP contribution in [-0.2, 0) is 16.0 Å². The standard InChI is InChI=1S/C20H28N2O3/c1-14-9-15(2)20-18(10-14)19(23)11-16(21-20)12-22(6-8-24-3)13-17-5-4-7-25-17/h9-11,17H,4-8,12-13H2,1-3H3,(H,21,23). The number of H-pyrrole nitrogens is 1. The summed E-state index contributed by atoms with van der Waals surface area (Å²) < 4.78 is 11.0. The molecule has 1 fully saturated rings. The Bertz CT molecular complexity index is 778. The quantitative estimate of drug-likeness (QED) is 0.839. The van der Waals surface area contributed by atoms with Crippen LogP contribution in [0.25, 0.3) is 10.9 Å². The molecule has 3 rings (SSSR count). The summed E-state index contributed by atoms with van der Waals surface area (Å²) in [5, 5.41) is 0.767. The average molecular weight is 344 g/mol. The summed E-state index contributed by atoms with van der Waals surface area (Å²) in [4.78, 5) is 18.3. The first-order chi connectivity index (χ1) is 12.1. The summed E-state index contributed by atoms with van der Waals surface area (Å²) in [5.41, 5.74) is 4.19. The van der Waals surface area contributed by atoms with Crippen LogP contribution in [0.4, 0.5) is 0 Å². The molecule has 1 aliphatic rings. The van der Waals surface area contributed by atoms with E-state index in [9.17, 15) is 4.79 Å². The van der Waals surface area contributed by atoms with Gasteiger partial charge in [0.2, 0.25) is 0 Å². The molecule has 0 radical (unpaired) electrons. The maximum Gasteiger partial charge on any atom is 0.189 e. The fourth-order valence-corrected chi connectivity index (χ4v) is 3.62. The number of fused-ring (bicyclic) bond motifs is 1. The van der Waals surface area contributed by atoms with Crippen molar-refractivity contribution in [1.29, 1.82) is 0 Å². The van der Waals surface area contributed by atoms with Gasteiger partial charge in [-0.1, -0.05) is 6.07 Å². The van der Waals surface area contributed by atoms with Crippen molar-refractivity contribution in [3.8, 4) is 0 Å². The summed E-state index contributed by atoms with van der Waals surface area (Å²) in [6.07, 6.45) is 2.53. The number of methoxy groups -OCH3 is 1.